The van der Waals surface area contributed by atoms with E-state index in [1.165, 1.54) is 23.3 Å². The topological polar surface area (TPSA) is 73.1 Å². The number of benzene rings is 1. The number of hydrogen-bond donors (Lipinski definition) is 0. The summed E-state index contributed by atoms with van der Waals surface area (Å²) in [5.41, 5.74) is 1.37. The van der Waals surface area contributed by atoms with Gasteiger partial charge in [-0.15, -0.1) is 0 Å². The van der Waals surface area contributed by atoms with E-state index in [1.807, 2.05) is 26.0 Å². The molecule has 1 aliphatic carbocycles. The van der Waals surface area contributed by atoms with E-state index in [-0.39, 0.29) is 29.7 Å². The molecule has 3 aromatic rings. The lowest BCUT2D eigenvalue weighted by molar-refractivity contribution is 0.0310. The minimum atomic E-state index is -0.581. The summed E-state index contributed by atoms with van der Waals surface area (Å²) >= 11 is 0. The van der Waals surface area contributed by atoms with E-state index in [0.29, 0.717) is 17.5 Å². The summed E-state index contributed by atoms with van der Waals surface area (Å²) in [6.45, 7) is 3.99. The third-order valence-electron chi connectivity index (χ3n) is 6.22. The lowest BCUT2D eigenvalue weighted by Gasteiger charge is -2.38. The minimum absolute atomic E-state index is 0.00589. The molecule has 30 heavy (non-hydrogen) atoms. The van der Waals surface area contributed by atoms with Gasteiger partial charge in [0.1, 0.15) is 23.2 Å². The molecule has 154 valence electrons. The Morgan fingerprint density at radius 3 is 2.67 bits per heavy atom. The van der Waals surface area contributed by atoms with Crippen LogP contribution in [0.3, 0.4) is 0 Å². The Balaban J connectivity index is 1.46. The van der Waals surface area contributed by atoms with E-state index >= 15 is 0 Å². The van der Waals surface area contributed by atoms with Gasteiger partial charge in [-0.3, -0.25) is 4.79 Å². The van der Waals surface area contributed by atoms with Gasteiger partial charge in [0.25, 0.3) is 5.91 Å². The number of fused-ring (bicyclic) bond motifs is 2. The van der Waals surface area contributed by atoms with Crippen LogP contribution in [0.1, 0.15) is 35.7 Å². The molecule has 2 bridgehead atoms. The number of ether oxygens (including phenoxy) is 1. The zero-order valence-electron chi connectivity index (χ0n) is 16.8. The zero-order valence-corrected chi connectivity index (χ0v) is 16.8. The van der Waals surface area contributed by atoms with Gasteiger partial charge in [-0.1, -0.05) is 12.1 Å². The predicted molar refractivity (Wildman–Crippen MR) is 107 cm³/mol. The van der Waals surface area contributed by atoms with Gasteiger partial charge in [-0.05, 0) is 50.3 Å². The SMILES string of the molecule is Cc1ccc(OC2CC3CC2N(C(=O)c2c(F)cccc2-n2nccn2)C3C)nc1. The second-order valence-electron chi connectivity index (χ2n) is 8.03. The van der Waals surface area contributed by atoms with Gasteiger partial charge in [0, 0.05) is 18.3 Å². The van der Waals surface area contributed by atoms with Crippen molar-refractivity contribution in [3.05, 3.63) is 65.9 Å². The molecular formula is C22H22FN5O2. The molecule has 8 heteroatoms. The van der Waals surface area contributed by atoms with Crippen LogP contribution in [-0.4, -0.2) is 49.0 Å². The van der Waals surface area contributed by atoms with Gasteiger partial charge >= 0.3 is 0 Å². The Morgan fingerprint density at radius 1 is 1.17 bits per heavy atom. The van der Waals surface area contributed by atoms with Crippen molar-refractivity contribution in [2.24, 2.45) is 5.92 Å². The van der Waals surface area contributed by atoms with Crippen molar-refractivity contribution < 1.29 is 13.9 Å². The molecular weight excluding hydrogens is 385 g/mol. The summed E-state index contributed by atoms with van der Waals surface area (Å²) in [5, 5.41) is 8.15. The number of carbonyl (C=O) groups is 1. The molecule has 3 heterocycles. The van der Waals surface area contributed by atoms with Crippen LogP contribution < -0.4 is 4.74 Å². The van der Waals surface area contributed by atoms with Crippen LogP contribution in [0.5, 0.6) is 5.88 Å². The lowest BCUT2D eigenvalue weighted by Crippen LogP contribution is -2.51. The fourth-order valence-corrected chi connectivity index (χ4v) is 4.73. The molecule has 4 atom stereocenters. The molecule has 4 unspecified atom stereocenters. The van der Waals surface area contributed by atoms with Crippen molar-refractivity contribution in [3.8, 4) is 11.6 Å². The van der Waals surface area contributed by atoms with Crippen molar-refractivity contribution in [3.63, 3.8) is 0 Å². The fourth-order valence-electron chi connectivity index (χ4n) is 4.73. The number of aryl methyl sites for hydroxylation is 1. The van der Waals surface area contributed by atoms with Crippen LogP contribution in [-0.2, 0) is 0 Å². The highest BCUT2D eigenvalue weighted by atomic mass is 19.1. The molecule has 1 saturated carbocycles. The second-order valence-corrected chi connectivity index (χ2v) is 8.03. The predicted octanol–water partition coefficient (Wildman–Crippen LogP) is 3.18. The van der Waals surface area contributed by atoms with Gasteiger partial charge in [-0.25, -0.2) is 9.37 Å². The molecule has 2 aromatic heterocycles. The number of likely N-dealkylation sites (tertiary alicyclic amines) is 1. The van der Waals surface area contributed by atoms with Crippen molar-refractivity contribution in [1.29, 1.82) is 0 Å². The maximum Gasteiger partial charge on any atom is 0.259 e. The summed E-state index contributed by atoms with van der Waals surface area (Å²) in [5.74, 6) is -0.0778. The van der Waals surface area contributed by atoms with Crippen molar-refractivity contribution in [2.45, 2.75) is 44.9 Å². The first-order chi connectivity index (χ1) is 14.5. The third-order valence-corrected chi connectivity index (χ3v) is 6.22. The Hall–Kier alpha value is -3.29. The minimum Gasteiger partial charge on any atom is -0.472 e. The highest BCUT2D eigenvalue weighted by Gasteiger charge is 2.53. The van der Waals surface area contributed by atoms with E-state index in [0.717, 1.165) is 18.4 Å². The van der Waals surface area contributed by atoms with E-state index in [2.05, 4.69) is 15.2 Å². The highest BCUT2D eigenvalue weighted by Crippen LogP contribution is 2.45. The monoisotopic (exact) mass is 407 g/mol. The molecule has 1 saturated heterocycles. The van der Waals surface area contributed by atoms with Crippen molar-refractivity contribution >= 4 is 5.91 Å². The second kappa shape index (κ2) is 7.19. The molecule has 0 radical (unpaired) electrons. The summed E-state index contributed by atoms with van der Waals surface area (Å²) < 4.78 is 21.0. The molecule has 5 rings (SSSR count). The van der Waals surface area contributed by atoms with E-state index < -0.39 is 5.82 Å². The number of nitrogens with zero attached hydrogens (tertiary/aromatic N) is 5. The van der Waals surface area contributed by atoms with Crippen LogP contribution in [0.2, 0.25) is 0 Å². The molecule has 2 aliphatic rings. The summed E-state index contributed by atoms with van der Waals surface area (Å²) in [6, 6.07) is 8.17. The van der Waals surface area contributed by atoms with Gasteiger partial charge in [0.05, 0.1) is 18.4 Å². The number of piperidine rings is 1. The summed E-state index contributed by atoms with van der Waals surface area (Å²) in [6.07, 6.45) is 6.29. The smallest absolute Gasteiger partial charge is 0.259 e. The first-order valence-corrected chi connectivity index (χ1v) is 10.1. The lowest BCUT2D eigenvalue weighted by atomic mass is 9.98. The Kier molecular flexibility index (Phi) is 4.49. The highest BCUT2D eigenvalue weighted by molar-refractivity contribution is 5.98. The average molecular weight is 407 g/mol. The number of carbonyl (C=O) groups excluding carboxylic acids is 1. The van der Waals surface area contributed by atoms with Crippen LogP contribution in [0.15, 0.2) is 48.9 Å². The average Bonchev–Trinajstić information content (AvgIpc) is 3.46. The molecule has 1 amide bonds. The Morgan fingerprint density at radius 2 is 1.97 bits per heavy atom. The number of aromatic nitrogens is 4. The largest absolute Gasteiger partial charge is 0.472 e. The maximum atomic E-state index is 14.8. The number of pyridine rings is 1. The fraction of sp³-hybridized carbons (Fsp3) is 0.364. The number of rotatable bonds is 4. The molecule has 7 nitrogen and oxygen atoms in total. The van der Waals surface area contributed by atoms with Crippen molar-refractivity contribution in [2.75, 3.05) is 0 Å². The first-order valence-electron chi connectivity index (χ1n) is 10.1. The van der Waals surface area contributed by atoms with E-state index in [9.17, 15) is 9.18 Å². The maximum absolute atomic E-state index is 14.8. The molecule has 2 fully saturated rings. The molecule has 0 N–H and O–H groups in total. The number of halogens is 1. The number of hydrogen-bond acceptors (Lipinski definition) is 5. The summed E-state index contributed by atoms with van der Waals surface area (Å²) in [4.78, 5) is 21.0. The summed E-state index contributed by atoms with van der Waals surface area (Å²) in [7, 11) is 0. The van der Waals surface area contributed by atoms with Crippen LogP contribution >= 0.6 is 0 Å². The van der Waals surface area contributed by atoms with Gasteiger partial charge in [-0.2, -0.15) is 15.0 Å². The molecule has 1 aromatic carbocycles. The van der Waals surface area contributed by atoms with Crippen LogP contribution in [0.4, 0.5) is 4.39 Å². The van der Waals surface area contributed by atoms with Crippen molar-refractivity contribution in [1.82, 2.24) is 24.9 Å². The number of amides is 1. The van der Waals surface area contributed by atoms with Crippen LogP contribution in [0, 0.1) is 18.7 Å². The van der Waals surface area contributed by atoms with E-state index in [1.54, 1.807) is 23.2 Å². The standard InChI is InChI=1S/C22H22FN5O2/c1-13-6-7-20(24-12-13)30-19-11-15-10-18(19)27(14(15)2)22(29)21-16(23)4-3-5-17(21)28-25-8-9-26-28/h3-9,12,14-15,18-19H,10-11H2,1-2H3. The Bertz CT molecular complexity index is 1070. The van der Waals surface area contributed by atoms with Gasteiger partial charge < -0.3 is 9.64 Å². The van der Waals surface area contributed by atoms with Gasteiger partial charge in [0.2, 0.25) is 5.88 Å². The van der Waals surface area contributed by atoms with Crippen LogP contribution in [0.25, 0.3) is 5.69 Å². The zero-order chi connectivity index (χ0) is 20.8. The molecule has 1 aliphatic heterocycles. The Labute approximate surface area is 173 Å². The molecule has 0 spiro atoms. The normalized spacial score (nSPS) is 25.0. The first kappa shape index (κ1) is 18.7. The van der Waals surface area contributed by atoms with Gasteiger partial charge in [0.15, 0.2) is 0 Å². The third kappa shape index (κ3) is 3.03. The van der Waals surface area contributed by atoms with E-state index in [4.69, 9.17) is 4.74 Å². The quantitative estimate of drug-likeness (QED) is 0.664.